The zero-order valence-corrected chi connectivity index (χ0v) is 15.0. The van der Waals surface area contributed by atoms with Gasteiger partial charge in [0.2, 0.25) is 0 Å². The quantitative estimate of drug-likeness (QED) is 0.930. The van der Waals surface area contributed by atoms with Crippen LogP contribution in [0, 0.1) is 6.92 Å². The van der Waals surface area contributed by atoms with E-state index < -0.39 is 0 Å². The van der Waals surface area contributed by atoms with Gasteiger partial charge >= 0.3 is 0 Å². The molecule has 2 unspecified atom stereocenters. The standard InChI is InChI=1S/C19H23N3OS/c1-12-3-5-13(6-4-12)18-21-17(11-24-18)19(23)22(2)16-9-14-7-8-15(10-16)20-14/h3-6,11,14-16,20H,7-10H2,1-2H3. The fourth-order valence-electron chi connectivity index (χ4n) is 3.89. The highest BCUT2D eigenvalue weighted by Crippen LogP contribution is 2.30. The Kier molecular flexibility index (Phi) is 4.14. The SMILES string of the molecule is Cc1ccc(-c2nc(C(=O)N(C)C3CC4CCC(C3)N4)cs2)cc1. The van der Waals surface area contributed by atoms with E-state index in [1.54, 1.807) is 11.3 Å². The van der Waals surface area contributed by atoms with E-state index in [2.05, 4.69) is 41.5 Å². The number of aromatic nitrogens is 1. The minimum atomic E-state index is 0.0518. The number of amides is 1. The van der Waals surface area contributed by atoms with Crippen molar-refractivity contribution < 1.29 is 4.79 Å². The molecular formula is C19H23N3OS. The first-order valence-corrected chi connectivity index (χ1v) is 9.54. The molecule has 3 heterocycles. The van der Waals surface area contributed by atoms with Crippen molar-refractivity contribution in [3.8, 4) is 10.6 Å². The Bertz CT molecular complexity index is 727. The summed E-state index contributed by atoms with van der Waals surface area (Å²) in [7, 11) is 1.93. The zero-order chi connectivity index (χ0) is 16.7. The number of aryl methyl sites for hydroxylation is 1. The van der Waals surface area contributed by atoms with E-state index in [1.165, 1.54) is 18.4 Å². The Labute approximate surface area is 146 Å². The highest BCUT2D eigenvalue weighted by Gasteiger charge is 2.36. The topological polar surface area (TPSA) is 45.2 Å². The van der Waals surface area contributed by atoms with Gasteiger partial charge in [-0.3, -0.25) is 4.79 Å². The molecule has 4 nitrogen and oxygen atoms in total. The zero-order valence-electron chi connectivity index (χ0n) is 14.2. The molecule has 2 aliphatic heterocycles. The first kappa shape index (κ1) is 15.8. The van der Waals surface area contributed by atoms with Gasteiger partial charge in [-0.25, -0.2) is 4.98 Å². The van der Waals surface area contributed by atoms with Crippen LogP contribution in [-0.4, -0.2) is 41.0 Å². The van der Waals surface area contributed by atoms with Crippen molar-refractivity contribution >= 4 is 17.2 Å². The lowest BCUT2D eigenvalue weighted by Crippen LogP contribution is -2.48. The summed E-state index contributed by atoms with van der Waals surface area (Å²) in [5.74, 6) is 0.0518. The summed E-state index contributed by atoms with van der Waals surface area (Å²) in [4.78, 5) is 19.3. The number of hydrogen-bond acceptors (Lipinski definition) is 4. The number of hydrogen-bond donors (Lipinski definition) is 1. The molecule has 2 saturated heterocycles. The van der Waals surface area contributed by atoms with Crippen LogP contribution in [0.25, 0.3) is 10.6 Å². The molecule has 1 aromatic carbocycles. The second-order valence-electron chi connectivity index (χ2n) is 7.08. The molecule has 2 bridgehead atoms. The maximum atomic E-state index is 12.8. The van der Waals surface area contributed by atoms with Crippen molar-refractivity contribution in [2.75, 3.05) is 7.05 Å². The smallest absolute Gasteiger partial charge is 0.273 e. The van der Waals surface area contributed by atoms with Crippen LogP contribution < -0.4 is 5.32 Å². The predicted octanol–water partition coefficient (Wildman–Crippen LogP) is 3.47. The molecule has 0 radical (unpaired) electrons. The molecule has 4 rings (SSSR count). The van der Waals surface area contributed by atoms with Crippen LogP contribution in [0.4, 0.5) is 0 Å². The van der Waals surface area contributed by atoms with Crippen molar-refractivity contribution in [1.82, 2.24) is 15.2 Å². The van der Waals surface area contributed by atoms with Crippen LogP contribution >= 0.6 is 11.3 Å². The summed E-state index contributed by atoms with van der Waals surface area (Å²) < 4.78 is 0. The summed E-state index contributed by atoms with van der Waals surface area (Å²) in [5.41, 5.74) is 2.88. The normalized spacial score (nSPS) is 25.7. The van der Waals surface area contributed by atoms with Gasteiger partial charge in [0.1, 0.15) is 10.7 Å². The first-order valence-electron chi connectivity index (χ1n) is 8.66. The van der Waals surface area contributed by atoms with Gasteiger partial charge in [-0.1, -0.05) is 29.8 Å². The number of thiazole rings is 1. The maximum Gasteiger partial charge on any atom is 0.273 e. The molecule has 2 fully saturated rings. The lowest BCUT2D eigenvalue weighted by atomic mass is 9.98. The number of carbonyl (C=O) groups is 1. The molecule has 0 spiro atoms. The summed E-state index contributed by atoms with van der Waals surface area (Å²) in [6, 6.07) is 9.79. The van der Waals surface area contributed by atoms with Gasteiger partial charge in [-0.15, -0.1) is 11.3 Å². The summed E-state index contributed by atoms with van der Waals surface area (Å²) in [6.45, 7) is 2.07. The van der Waals surface area contributed by atoms with Gasteiger partial charge in [0, 0.05) is 36.1 Å². The van der Waals surface area contributed by atoms with Crippen LogP contribution in [0.3, 0.4) is 0 Å². The molecule has 24 heavy (non-hydrogen) atoms. The van der Waals surface area contributed by atoms with Crippen LogP contribution in [0.15, 0.2) is 29.6 Å². The molecule has 2 aromatic rings. The Balaban J connectivity index is 1.49. The van der Waals surface area contributed by atoms with Crippen LogP contribution in [0.2, 0.25) is 0 Å². The second-order valence-corrected chi connectivity index (χ2v) is 7.94. The molecule has 0 saturated carbocycles. The molecule has 0 aliphatic carbocycles. The molecule has 1 aromatic heterocycles. The van der Waals surface area contributed by atoms with Gasteiger partial charge < -0.3 is 10.2 Å². The van der Waals surface area contributed by atoms with E-state index in [9.17, 15) is 4.79 Å². The molecule has 126 valence electrons. The minimum absolute atomic E-state index is 0.0518. The Hall–Kier alpha value is -1.72. The average molecular weight is 341 g/mol. The van der Waals surface area contributed by atoms with Crippen molar-refractivity contribution in [2.45, 2.75) is 50.7 Å². The molecule has 2 atom stereocenters. The first-order chi connectivity index (χ1) is 11.6. The van der Waals surface area contributed by atoms with Crippen molar-refractivity contribution in [2.24, 2.45) is 0 Å². The van der Waals surface area contributed by atoms with Crippen molar-refractivity contribution in [3.63, 3.8) is 0 Å². The lowest BCUT2D eigenvalue weighted by Gasteiger charge is -2.35. The molecule has 1 N–H and O–H groups in total. The third-order valence-corrected chi connectivity index (χ3v) is 6.23. The Morgan fingerprint density at radius 2 is 1.88 bits per heavy atom. The van der Waals surface area contributed by atoms with Crippen LogP contribution in [-0.2, 0) is 0 Å². The monoisotopic (exact) mass is 341 g/mol. The van der Waals surface area contributed by atoms with E-state index >= 15 is 0 Å². The number of benzene rings is 1. The van der Waals surface area contributed by atoms with Crippen molar-refractivity contribution in [3.05, 3.63) is 40.9 Å². The average Bonchev–Trinajstić information content (AvgIpc) is 3.21. The highest BCUT2D eigenvalue weighted by molar-refractivity contribution is 7.13. The largest absolute Gasteiger partial charge is 0.337 e. The van der Waals surface area contributed by atoms with Gasteiger partial charge in [0.15, 0.2) is 0 Å². The van der Waals surface area contributed by atoms with E-state index in [4.69, 9.17) is 0 Å². The highest BCUT2D eigenvalue weighted by atomic mass is 32.1. The van der Waals surface area contributed by atoms with E-state index in [0.29, 0.717) is 23.8 Å². The molecule has 5 heteroatoms. The van der Waals surface area contributed by atoms with Crippen LogP contribution in [0.5, 0.6) is 0 Å². The predicted molar refractivity (Wildman–Crippen MR) is 97.3 cm³/mol. The number of fused-ring (bicyclic) bond motifs is 2. The number of carbonyl (C=O) groups excluding carboxylic acids is 1. The van der Waals surface area contributed by atoms with Gasteiger partial charge in [-0.05, 0) is 32.6 Å². The van der Waals surface area contributed by atoms with E-state index in [0.717, 1.165) is 23.4 Å². The number of nitrogens with zero attached hydrogens (tertiary/aromatic N) is 2. The minimum Gasteiger partial charge on any atom is -0.337 e. The molecule has 2 aliphatic rings. The van der Waals surface area contributed by atoms with E-state index in [1.807, 2.05) is 17.3 Å². The number of nitrogens with one attached hydrogen (secondary N) is 1. The Morgan fingerprint density at radius 3 is 2.54 bits per heavy atom. The van der Waals surface area contributed by atoms with Gasteiger partial charge in [0.25, 0.3) is 5.91 Å². The van der Waals surface area contributed by atoms with Gasteiger partial charge in [0.05, 0.1) is 0 Å². The maximum absolute atomic E-state index is 12.8. The molecule has 1 amide bonds. The van der Waals surface area contributed by atoms with Crippen LogP contribution in [0.1, 0.15) is 41.7 Å². The second kappa shape index (κ2) is 6.30. The fourth-order valence-corrected chi connectivity index (χ4v) is 4.69. The van der Waals surface area contributed by atoms with E-state index in [-0.39, 0.29) is 5.91 Å². The fraction of sp³-hybridized carbons (Fsp3) is 0.474. The Morgan fingerprint density at radius 1 is 1.21 bits per heavy atom. The number of rotatable bonds is 3. The summed E-state index contributed by atoms with van der Waals surface area (Å²) in [6.07, 6.45) is 4.62. The number of piperidine rings is 1. The van der Waals surface area contributed by atoms with Gasteiger partial charge in [-0.2, -0.15) is 0 Å². The summed E-state index contributed by atoms with van der Waals surface area (Å²) >= 11 is 1.54. The molecular weight excluding hydrogens is 318 g/mol. The summed E-state index contributed by atoms with van der Waals surface area (Å²) in [5, 5.41) is 6.44. The third-order valence-electron chi connectivity index (χ3n) is 5.34. The third kappa shape index (κ3) is 2.98. The lowest BCUT2D eigenvalue weighted by molar-refractivity contribution is 0.0676. The van der Waals surface area contributed by atoms with Crippen molar-refractivity contribution in [1.29, 1.82) is 0 Å².